The molecular weight excluding hydrogens is 503 g/mol. The summed E-state index contributed by atoms with van der Waals surface area (Å²) in [4.78, 5) is 27.4. The van der Waals surface area contributed by atoms with Gasteiger partial charge in [0.2, 0.25) is 11.2 Å². The van der Waals surface area contributed by atoms with E-state index < -0.39 is 29.1 Å². The third-order valence-corrected chi connectivity index (χ3v) is 6.92. The molecule has 2 aliphatic rings. The second-order valence-corrected chi connectivity index (χ2v) is 9.58. The van der Waals surface area contributed by atoms with E-state index in [1.807, 2.05) is 6.92 Å². The molecule has 0 unspecified atom stereocenters. The molecule has 0 bridgehead atoms. The molecule has 0 radical (unpaired) electrons. The third kappa shape index (κ3) is 5.22. The van der Waals surface area contributed by atoms with Crippen LogP contribution < -0.4 is 14.9 Å². The number of benzene rings is 2. The predicted molar refractivity (Wildman–Crippen MR) is 132 cm³/mol. The zero-order valence-corrected chi connectivity index (χ0v) is 20.9. The van der Waals surface area contributed by atoms with Crippen LogP contribution in [0.2, 0.25) is 0 Å². The molecule has 1 aliphatic carbocycles. The van der Waals surface area contributed by atoms with Gasteiger partial charge < -0.3 is 18.6 Å². The van der Waals surface area contributed by atoms with Crippen molar-refractivity contribution >= 4 is 16.9 Å². The van der Waals surface area contributed by atoms with Crippen LogP contribution in [0.15, 0.2) is 45.6 Å². The summed E-state index contributed by atoms with van der Waals surface area (Å²) in [6.45, 7) is 2.76. The van der Waals surface area contributed by atoms with E-state index in [1.54, 1.807) is 6.07 Å². The fourth-order valence-electron chi connectivity index (χ4n) is 4.98. The van der Waals surface area contributed by atoms with Gasteiger partial charge in [-0.15, -0.1) is 0 Å². The number of rotatable bonds is 6. The Balaban J connectivity index is 1.51. The number of ether oxygens (including phenoxy) is 3. The summed E-state index contributed by atoms with van der Waals surface area (Å²) in [5.74, 6) is -2.70. The van der Waals surface area contributed by atoms with Crippen LogP contribution in [0, 0.1) is 0 Å². The van der Waals surface area contributed by atoms with E-state index in [4.69, 9.17) is 18.6 Å². The summed E-state index contributed by atoms with van der Waals surface area (Å²) in [6.07, 6.45) is 1.01. The number of nitrogens with zero attached hydrogens (tertiary/aromatic N) is 1. The lowest BCUT2D eigenvalue weighted by atomic mass is 9.93. The van der Waals surface area contributed by atoms with Gasteiger partial charge in [-0.2, -0.15) is 13.2 Å². The van der Waals surface area contributed by atoms with Crippen LogP contribution in [0.1, 0.15) is 67.1 Å². The molecule has 0 amide bonds. The number of fused-ring (bicyclic) bond motifs is 3. The van der Waals surface area contributed by atoms with Gasteiger partial charge in [0.15, 0.2) is 0 Å². The second kappa shape index (κ2) is 10.7. The van der Waals surface area contributed by atoms with E-state index in [-0.39, 0.29) is 34.9 Å². The number of hydrogen-bond acceptors (Lipinski definition) is 7. The Hall–Kier alpha value is -3.53. The van der Waals surface area contributed by atoms with Crippen LogP contribution in [0.25, 0.3) is 11.0 Å². The van der Waals surface area contributed by atoms with Crippen molar-refractivity contribution in [1.29, 1.82) is 0 Å². The Kier molecular flexibility index (Phi) is 7.34. The van der Waals surface area contributed by atoms with Crippen LogP contribution in [0.5, 0.6) is 17.2 Å². The van der Waals surface area contributed by atoms with Crippen molar-refractivity contribution in [3.63, 3.8) is 0 Å². The molecule has 5 rings (SSSR count). The molecule has 1 aliphatic heterocycles. The molecular formula is C28H28F3NO6. The smallest absolute Gasteiger partial charge is 0.453 e. The van der Waals surface area contributed by atoms with Crippen LogP contribution in [0.4, 0.5) is 13.2 Å². The fraction of sp³-hybridized carbons (Fsp3) is 0.429. The van der Waals surface area contributed by atoms with Gasteiger partial charge >= 0.3 is 12.1 Å². The molecule has 38 heavy (non-hydrogen) atoms. The van der Waals surface area contributed by atoms with Gasteiger partial charge in [-0.05, 0) is 55.7 Å². The van der Waals surface area contributed by atoms with Crippen LogP contribution in [-0.2, 0) is 17.5 Å². The number of esters is 1. The number of halogens is 3. The molecule has 1 saturated carbocycles. The summed E-state index contributed by atoms with van der Waals surface area (Å²) in [5.41, 5.74) is -0.464. The molecule has 2 heterocycles. The molecule has 2 aromatic carbocycles. The molecule has 0 saturated heterocycles. The van der Waals surface area contributed by atoms with E-state index in [1.165, 1.54) is 36.8 Å². The molecule has 1 fully saturated rings. The largest absolute Gasteiger partial charge is 0.478 e. The Morgan fingerprint density at radius 2 is 1.82 bits per heavy atom. The highest BCUT2D eigenvalue weighted by Gasteiger charge is 2.41. The van der Waals surface area contributed by atoms with Crippen molar-refractivity contribution in [1.82, 2.24) is 4.90 Å². The number of alkyl halides is 3. The van der Waals surface area contributed by atoms with E-state index in [0.717, 1.165) is 25.7 Å². The minimum absolute atomic E-state index is 0.0272. The third-order valence-electron chi connectivity index (χ3n) is 6.92. The first kappa shape index (κ1) is 26.1. The molecule has 1 aromatic heterocycles. The first-order valence-corrected chi connectivity index (χ1v) is 12.8. The normalized spacial score (nSPS) is 16.6. The Morgan fingerprint density at radius 1 is 1.08 bits per heavy atom. The average molecular weight is 532 g/mol. The first-order chi connectivity index (χ1) is 18.3. The van der Waals surface area contributed by atoms with E-state index in [0.29, 0.717) is 31.0 Å². The minimum atomic E-state index is -4.99. The van der Waals surface area contributed by atoms with Crippen molar-refractivity contribution in [3.8, 4) is 17.2 Å². The first-order valence-electron chi connectivity index (χ1n) is 12.8. The lowest BCUT2D eigenvalue weighted by Crippen LogP contribution is -2.41. The summed E-state index contributed by atoms with van der Waals surface area (Å²) in [7, 11) is 0. The van der Waals surface area contributed by atoms with Crippen LogP contribution >= 0.6 is 0 Å². The Morgan fingerprint density at radius 3 is 2.50 bits per heavy atom. The molecule has 202 valence electrons. The highest BCUT2D eigenvalue weighted by Crippen LogP contribution is 2.41. The van der Waals surface area contributed by atoms with Gasteiger partial charge in [0.1, 0.15) is 23.8 Å². The molecule has 3 aromatic rings. The van der Waals surface area contributed by atoms with E-state index in [2.05, 4.69) is 4.90 Å². The zero-order valence-electron chi connectivity index (χ0n) is 20.9. The molecule has 0 N–H and O–H groups in total. The Bertz CT molecular complexity index is 1380. The molecule has 10 heteroatoms. The maximum Gasteiger partial charge on any atom is 0.453 e. The van der Waals surface area contributed by atoms with Gasteiger partial charge in [-0.1, -0.05) is 26.2 Å². The van der Waals surface area contributed by atoms with Gasteiger partial charge in [0, 0.05) is 12.6 Å². The Labute approximate surface area is 217 Å². The predicted octanol–water partition coefficient (Wildman–Crippen LogP) is 6.66. The summed E-state index contributed by atoms with van der Waals surface area (Å²) >= 11 is 0. The maximum absolute atomic E-state index is 14.1. The number of carbonyl (C=O) groups is 1. The summed E-state index contributed by atoms with van der Waals surface area (Å²) in [5, 5.41) is -0.0272. The van der Waals surface area contributed by atoms with Crippen molar-refractivity contribution in [3.05, 3.63) is 63.5 Å². The lowest BCUT2D eigenvalue weighted by Gasteiger charge is -2.37. The highest BCUT2D eigenvalue weighted by molar-refractivity contribution is 5.89. The minimum Gasteiger partial charge on any atom is -0.478 e. The highest BCUT2D eigenvalue weighted by atomic mass is 19.4. The second-order valence-electron chi connectivity index (χ2n) is 9.58. The van der Waals surface area contributed by atoms with E-state index >= 15 is 0 Å². The van der Waals surface area contributed by atoms with Crippen LogP contribution in [-0.4, -0.2) is 30.2 Å². The zero-order chi connectivity index (χ0) is 26.9. The number of carbonyl (C=O) groups excluding carboxylic acids is 1. The summed E-state index contributed by atoms with van der Waals surface area (Å²) < 4.78 is 64.2. The van der Waals surface area contributed by atoms with Gasteiger partial charge in [0.05, 0.1) is 23.1 Å². The van der Waals surface area contributed by atoms with Gasteiger partial charge in [-0.25, -0.2) is 4.79 Å². The lowest BCUT2D eigenvalue weighted by molar-refractivity contribution is -0.154. The quantitative estimate of drug-likeness (QED) is 0.329. The van der Waals surface area contributed by atoms with Crippen molar-refractivity contribution in [2.45, 2.75) is 64.2 Å². The van der Waals surface area contributed by atoms with Crippen LogP contribution in [0.3, 0.4) is 0 Å². The number of hydrogen-bond donors (Lipinski definition) is 0. The van der Waals surface area contributed by atoms with Gasteiger partial charge in [0.25, 0.3) is 5.76 Å². The maximum atomic E-state index is 14.1. The average Bonchev–Trinajstić information content (AvgIpc) is 2.92. The van der Waals surface area contributed by atoms with Gasteiger partial charge in [-0.3, -0.25) is 9.69 Å². The monoisotopic (exact) mass is 531 g/mol. The molecule has 0 atom stereocenters. The SMILES string of the molecule is CCCOC(=O)c1ccc(Oc2c(C(F)(F)F)oc3c4c(ccc3c2=O)OCN(C2CCCCC2)C4)cc1. The van der Waals surface area contributed by atoms with Crippen molar-refractivity contribution < 1.29 is 36.6 Å². The molecule has 0 spiro atoms. The van der Waals surface area contributed by atoms with E-state index in [9.17, 15) is 22.8 Å². The van der Waals surface area contributed by atoms with Crippen molar-refractivity contribution in [2.24, 2.45) is 0 Å². The summed E-state index contributed by atoms with van der Waals surface area (Å²) in [6, 6.07) is 8.57. The fourth-order valence-corrected chi connectivity index (χ4v) is 4.98. The molecule has 7 nitrogen and oxygen atoms in total. The topological polar surface area (TPSA) is 78.2 Å². The standard InChI is InChI=1S/C28H28F3NO6/c1-2-14-35-27(34)17-8-10-19(11-9-17)37-25-23(33)20-12-13-22-21(24(20)38-26(25)28(29,30)31)15-32(16-36-22)18-6-4-3-5-7-18/h8-13,18H,2-7,14-16H2,1H3. The van der Waals surface area contributed by atoms with Crippen molar-refractivity contribution in [2.75, 3.05) is 13.3 Å².